The summed E-state index contributed by atoms with van der Waals surface area (Å²) in [5.74, 6) is 0. The van der Waals surface area contributed by atoms with Crippen molar-refractivity contribution >= 4 is 55.6 Å². The van der Waals surface area contributed by atoms with Crippen LogP contribution < -0.4 is 0 Å². The monoisotopic (exact) mass is 804 g/mol. The van der Waals surface area contributed by atoms with Crippen molar-refractivity contribution in [2.24, 2.45) is 0 Å². The Morgan fingerprint density at radius 2 is 0.841 bits per heavy atom. The van der Waals surface area contributed by atoms with Gasteiger partial charge in [-0.3, -0.25) is 0 Å². The number of aromatic nitrogens is 2. The quantitative estimate of drug-likeness (QED) is 0.142. The molecule has 0 aliphatic heterocycles. The molecule has 2 heteroatoms. The van der Waals surface area contributed by atoms with E-state index in [1.165, 1.54) is 82.6 Å². The SMILES string of the molecule is C=CC.C=Cc1c(C=C)n(-c2cccc(-c3ccccc3)c2)c2ccc(-c3ccc4c(c3)c3c5cccc6c5c(cc3n4-c3cccc(-c4ccccc4)c3)-c3ccccc3-6)cc12. The molecule has 0 spiro atoms. The molecule has 2 aromatic heterocycles. The Balaban J connectivity index is 0.00000144. The van der Waals surface area contributed by atoms with E-state index in [-0.39, 0.29) is 0 Å². The Hall–Kier alpha value is -8.20. The highest BCUT2D eigenvalue weighted by atomic mass is 15.0. The van der Waals surface area contributed by atoms with E-state index in [1.54, 1.807) is 6.08 Å². The van der Waals surface area contributed by atoms with Gasteiger partial charge >= 0.3 is 0 Å². The first-order valence-electron chi connectivity index (χ1n) is 21.6. The van der Waals surface area contributed by atoms with Gasteiger partial charge in [0.2, 0.25) is 0 Å². The molecule has 63 heavy (non-hydrogen) atoms. The summed E-state index contributed by atoms with van der Waals surface area (Å²) in [5.41, 5.74) is 20.1. The largest absolute Gasteiger partial charge is 0.309 e. The Kier molecular flexibility index (Phi) is 9.21. The molecule has 11 aromatic rings. The average molecular weight is 805 g/mol. The van der Waals surface area contributed by atoms with Gasteiger partial charge in [0.25, 0.3) is 0 Å². The van der Waals surface area contributed by atoms with Crippen molar-refractivity contribution in [3.8, 4) is 67.0 Å². The van der Waals surface area contributed by atoms with E-state index >= 15 is 0 Å². The van der Waals surface area contributed by atoms with Gasteiger partial charge in [-0.2, -0.15) is 0 Å². The molecule has 0 saturated carbocycles. The van der Waals surface area contributed by atoms with Gasteiger partial charge in [0, 0.05) is 33.1 Å². The summed E-state index contributed by atoms with van der Waals surface area (Å²) in [5, 5.41) is 6.27. The molecule has 2 nitrogen and oxygen atoms in total. The molecule has 0 N–H and O–H groups in total. The third-order valence-corrected chi connectivity index (χ3v) is 12.6. The first kappa shape index (κ1) is 37.8. The molecular formula is C61H44N2. The molecule has 1 aliphatic carbocycles. The van der Waals surface area contributed by atoms with Crippen molar-refractivity contribution in [2.75, 3.05) is 0 Å². The first-order valence-corrected chi connectivity index (χ1v) is 21.6. The summed E-state index contributed by atoms with van der Waals surface area (Å²) in [6, 6.07) is 71.0. The molecule has 0 bridgehead atoms. The minimum atomic E-state index is 1.03. The molecule has 0 saturated heterocycles. The van der Waals surface area contributed by atoms with Crippen molar-refractivity contribution < 1.29 is 0 Å². The summed E-state index contributed by atoms with van der Waals surface area (Å²) in [7, 11) is 0. The van der Waals surface area contributed by atoms with E-state index in [0.29, 0.717) is 0 Å². The Morgan fingerprint density at radius 3 is 1.44 bits per heavy atom. The maximum absolute atomic E-state index is 4.30. The summed E-state index contributed by atoms with van der Waals surface area (Å²) < 4.78 is 4.79. The van der Waals surface area contributed by atoms with Gasteiger partial charge in [-0.05, 0) is 134 Å². The maximum Gasteiger partial charge on any atom is 0.0553 e. The second kappa shape index (κ2) is 15.4. The lowest BCUT2D eigenvalue weighted by Gasteiger charge is -2.12. The Labute approximate surface area is 368 Å². The fourth-order valence-corrected chi connectivity index (χ4v) is 9.96. The molecule has 0 fully saturated rings. The molecule has 0 unspecified atom stereocenters. The normalized spacial score (nSPS) is 11.4. The summed E-state index contributed by atoms with van der Waals surface area (Å²) in [6.45, 7) is 13.8. The number of nitrogens with zero attached hydrogens (tertiary/aromatic N) is 2. The molecule has 0 atom stereocenters. The second-order valence-corrected chi connectivity index (χ2v) is 16.2. The van der Waals surface area contributed by atoms with E-state index in [2.05, 4.69) is 223 Å². The van der Waals surface area contributed by atoms with Crippen molar-refractivity contribution in [3.63, 3.8) is 0 Å². The predicted octanol–water partition coefficient (Wildman–Crippen LogP) is 17.0. The van der Waals surface area contributed by atoms with Gasteiger partial charge < -0.3 is 9.13 Å². The van der Waals surface area contributed by atoms with Gasteiger partial charge in [-0.15, -0.1) is 6.58 Å². The van der Waals surface area contributed by atoms with E-state index in [1.807, 2.05) is 19.1 Å². The third-order valence-electron chi connectivity index (χ3n) is 12.6. The van der Waals surface area contributed by atoms with Crippen molar-refractivity contribution in [1.82, 2.24) is 9.13 Å². The maximum atomic E-state index is 4.30. The molecule has 2 heterocycles. The zero-order chi connectivity index (χ0) is 42.6. The standard InChI is InChI=1S/C58H38N2.C3H6/c1-3-45-50-34-41(28-30-54(50)59(53(45)4-2)43-22-13-20-39(32-43)37-16-7-5-8-17-37)42-29-31-55-52(35-42)58-49-27-15-26-48-46-24-11-12-25-47(46)51(57(48)49)36-56(58)60(55)44-23-14-21-40(33-44)38-18-9-6-10-19-38;1-3-2/h3-36H,1-2H2;3H,1H2,2H3. The molecule has 9 aromatic carbocycles. The van der Waals surface area contributed by atoms with E-state index in [4.69, 9.17) is 0 Å². The molecule has 1 aliphatic rings. The van der Waals surface area contributed by atoms with Crippen LogP contribution in [0.5, 0.6) is 0 Å². The number of rotatable bonds is 7. The Bertz CT molecular complexity index is 3620. The minimum Gasteiger partial charge on any atom is -0.309 e. The fraction of sp³-hybridized carbons (Fsp3) is 0.0164. The fourth-order valence-electron chi connectivity index (χ4n) is 9.96. The van der Waals surface area contributed by atoms with Crippen molar-refractivity contribution in [1.29, 1.82) is 0 Å². The number of hydrogen-bond acceptors (Lipinski definition) is 0. The van der Waals surface area contributed by atoms with E-state index in [0.717, 1.165) is 39.1 Å². The van der Waals surface area contributed by atoms with Crippen LogP contribution in [0.15, 0.2) is 220 Å². The molecule has 12 rings (SSSR count). The van der Waals surface area contributed by atoms with Crippen LogP contribution in [0.2, 0.25) is 0 Å². The van der Waals surface area contributed by atoms with Crippen molar-refractivity contribution in [3.05, 3.63) is 231 Å². The van der Waals surface area contributed by atoms with Gasteiger partial charge in [0.15, 0.2) is 0 Å². The second-order valence-electron chi connectivity index (χ2n) is 16.2. The lowest BCUT2D eigenvalue weighted by molar-refractivity contribution is 1.11. The smallest absolute Gasteiger partial charge is 0.0553 e. The van der Waals surface area contributed by atoms with Crippen LogP contribution in [0, 0.1) is 0 Å². The van der Waals surface area contributed by atoms with E-state index in [9.17, 15) is 0 Å². The predicted molar refractivity (Wildman–Crippen MR) is 272 cm³/mol. The van der Waals surface area contributed by atoms with Crippen LogP contribution in [0.4, 0.5) is 0 Å². The summed E-state index contributed by atoms with van der Waals surface area (Å²) >= 11 is 0. The van der Waals surface area contributed by atoms with Crippen LogP contribution in [0.3, 0.4) is 0 Å². The van der Waals surface area contributed by atoms with Gasteiger partial charge in [-0.1, -0.05) is 165 Å². The number of benzene rings is 9. The molecule has 0 amide bonds. The minimum absolute atomic E-state index is 1.03. The van der Waals surface area contributed by atoms with E-state index < -0.39 is 0 Å². The number of fused-ring (bicyclic) bond motifs is 8. The molecular weight excluding hydrogens is 761 g/mol. The first-order chi connectivity index (χ1) is 31.1. The lowest BCUT2D eigenvalue weighted by Crippen LogP contribution is -1.97. The van der Waals surface area contributed by atoms with Gasteiger partial charge in [0.05, 0.1) is 22.2 Å². The van der Waals surface area contributed by atoms with Crippen LogP contribution in [0.25, 0.3) is 123 Å². The van der Waals surface area contributed by atoms with Gasteiger partial charge in [-0.25, -0.2) is 0 Å². The highest BCUT2D eigenvalue weighted by Crippen LogP contribution is 2.51. The lowest BCUT2D eigenvalue weighted by atomic mass is 9.96. The zero-order valence-corrected chi connectivity index (χ0v) is 35.2. The highest BCUT2D eigenvalue weighted by Gasteiger charge is 2.26. The molecule has 0 radical (unpaired) electrons. The van der Waals surface area contributed by atoms with Gasteiger partial charge in [0.1, 0.15) is 0 Å². The van der Waals surface area contributed by atoms with Crippen LogP contribution >= 0.6 is 0 Å². The van der Waals surface area contributed by atoms with Crippen LogP contribution in [0.1, 0.15) is 18.2 Å². The average Bonchev–Trinajstić information content (AvgIpc) is 3.98. The van der Waals surface area contributed by atoms with Crippen LogP contribution in [-0.2, 0) is 0 Å². The topological polar surface area (TPSA) is 9.86 Å². The molecule has 298 valence electrons. The summed E-state index contributed by atoms with van der Waals surface area (Å²) in [4.78, 5) is 0. The Morgan fingerprint density at radius 1 is 0.349 bits per heavy atom. The van der Waals surface area contributed by atoms with Crippen molar-refractivity contribution in [2.45, 2.75) is 6.92 Å². The highest BCUT2D eigenvalue weighted by molar-refractivity contribution is 6.29. The zero-order valence-electron chi connectivity index (χ0n) is 35.2. The number of allylic oxidation sites excluding steroid dienone is 1. The number of hydrogen-bond donors (Lipinski definition) is 0. The summed E-state index contributed by atoms with van der Waals surface area (Å²) in [6.07, 6.45) is 5.68. The third kappa shape index (κ3) is 6.02. The van der Waals surface area contributed by atoms with Crippen LogP contribution in [-0.4, -0.2) is 9.13 Å².